The molecular formula is C14H27N3O. The smallest absolute Gasteiger partial charge is 0.320 e. The van der Waals surface area contributed by atoms with Gasteiger partial charge in [0.1, 0.15) is 0 Å². The number of amides is 2. The van der Waals surface area contributed by atoms with Crippen LogP contribution in [0.5, 0.6) is 0 Å². The fourth-order valence-electron chi connectivity index (χ4n) is 3.56. The van der Waals surface area contributed by atoms with E-state index in [2.05, 4.69) is 19.2 Å². The van der Waals surface area contributed by atoms with Crippen LogP contribution in [0.2, 0.25) is 0 Å². The fourth-order valence-corrected chi connectivity index (χ4v) is 3.56. The van der Waals surface area contributed by atoms with Crippen LogP contribution in [0.1, 0.15) is 39.5 Å². The van der Waals surface area contributed by atoms with Crippen LogP contribution in [-0.2, 0) is 0 Å². The number of urea groups is 1. The van der Waals surface area contributed by atoms with E-state index >= 15 is 0 Å². The molecule has 2 aliphatic rings. The zero-order chi connectivity index (χ0) is 13.3. The van der Waals surface area contributed by atoms with Gasteiger partial charge in [-0.05, 0) is 39.7 Å². The number of nitrogens with zero attached hydrogens (tertiary/aromatic N) is 2. The maximum absolute atomic E-state index is 12.4. The van der Waals surface area contributed by atoms with Gasteiger partial charge in [-0.15, -0.1) is 0 Å². The monoisotopic (exact) mass is 253 g/mol. The Hall–Kier alpha value is -0.770. The van der Waals surface area contributed by atoms with Crippen molar-refractivity contribution in [3.05, 3.63) is 0 Å². The first kappa shape index (κ1) is 13.7. The third-order valence-electron chi connectivity index (χ3n) is 4.68. The van der Waals surface area contributed by atoms with Crippen molar-refractivity contribution in [2.75, 3.05) is 27.2 Å². The van der Waals surface area contributed by atoms with Crippen molar-refractivity contribution in [3.63, 3.8) is 0 Å². The molecule has 1 unspecified atom stereocenters. The van der Waals surface area contributed by atoms with E-state index in [9.17, 15) is 4.79 Å². The Morgan fingerprint density at radius 3 is 2.50 bits per heavy atom. The summed E-state index contributed by atoms with van der Waals surface area (Å²) in [5, 5.41) is 3.19. The summed E-state index contributed by atoms with van der Waals surface area (Å²) in [6.45, 7) is 6.02. The first-order valence-electron chi connectivity index (χ1n) is 7.16. The highest BCUT2D eigenvalue weighted by Crippen LogP contribution is 2.35. The summed E-state index contributed by atoms with van der Waals surface area (Å²) >= 11 is 0. The molecule has 1 aliphatic carbocycles. The number of likely N-dealkylation sites (N-methyl/N-ethyl adjacent to an activating group) is 2. The van der Waals surface area contributed by atoms with Gasteiger partial charge in [-0.2, -0.15) is 0 Å². The molecule has 2 fully saturated rings. The van der Waals surface area contributed by atoms with E-state index in [-0.39, 0.29) is 11.6 Å². The Balaban J connectivity index is 2.08. The zero-order valence-electron chi connectivity index (χ0n) is 12.2. The number of hydrogen-bond acceptors (Lipinski definition) is 2. The van der Waals surface area contributed by atoms with E-state index in [1.807, 2.05) is 23.9 Å². The van der Waals surface area contributed by atoms with Gasteiger partial charge in [-0.1, -0.05) is 12.8 Å². The first-order valence-corrected chi connectivity index (χ1v) is 7.16. The second kappa shape index (κ2) is 5.08. The van der Waals surface area contributed by atoms with Crippen molar-refractivity contribution in [3.8, 4) is 0 Å². The van der Waals surface area contributed by atoms with E-state index in [0.717, 1.165) is 13.1 Å². The average molecular weight is 253 g/mol. The molecule has 0 aromatic rings. The fraction of sp³-hybridized carbons (Fsp3) is 0.929. The van der Waals surface area contributed by atoms with Crippen molar-refractivity contribution in [1.29, 1.82) is 0 Å². The zero-order valence-corrected chi connectivity index (χ0v) is 12.2. The second-order valence-electron chi connectivity index (χ2n) is 6.46. The number of carbonyl (C=O) groups is 1. The minimum atomic E-state index is -0.104. The molecule has 1 heterocycles. The van der Waals surface area contributed by atoms with Gasteiger partial charge in [-0.3, -0.25) is 0 Å². The molecular weight excluding hydrogens is 226 g/mol. The Labute approximate surface area is 111 Å². The number of carbonyl (C=O) groups excluding carboxylic acids is 1. The van der Waals surface area contributed by atoms with Crippen LogP contribution in [0.25, 0.3) is 0 Å². The Bertz CT molecular complexity index is 310. The highest BCUT2D eigenvalue weighted by molar-refractivity contribution is 5.77. The van der Waals surface area contributed by atoms with Crippen LogP contribution in [0, 0.1) is 5.92 Å². The van der Waals surface area contributed by atoms with Gasteiger partial charge in [0.2, 0.25) is 0 Å². The molecule has 1 aliphatic heterocycles. The highest BCUT2D eigenvalue weighted by Gasteiger charge is 2.44. The summed E-state index contributed by atoms with van der Waals surface area (Å²) in [6.07, 6.45) is 5.26. The molecule has 1 saturated heterocycles. The lowest BCUT2D eigenvalue weighted by molar-refractivity contribution is 0.149. The third kappa shape index (κ3) is 2.35. The summed E-state index contributed by atoms with van der Waals surface area (Å²) in [5.41, 5.74) is -0.104. The minimum absolute atomic E-state index is 0.104. The molecule has 4 heteroatoms. The Morgan fingerprint density at radius 1 is 1.33 bits per heavy atom. The predicted octanol–water partition coefficient (Wildman–Crippen LogP) is 1.91. The van der Waals surface area contributed by atoms with E-state index < -0.39 is 0 Å². The normalized spacial score (nSPS) is 26.4. The van der Waals surface area contributed by atoms with Gasteiger partial charge in [0.15, 0.2) is 0 Å². The van der Waals surface area contributed by atoms with Gasteiger partial charge in [-0.25, -0.2) is 4.79 Å². The SMILES string of the molecule is CNCC(C)(C)N1CC(C2CCCC2)N(C)C1=O. The van der Waals surface area contributed by atoms with E-state index in [0.29, 0.717) is 12.0 Å². The molecule has 2 amide bonds. The van der Waals surface area contributed by atoms with Gasteiger partial charge in [0, 0.05) is 20.1 Å². The van der Waals surface area contributed by atoms with Crippen molar-refractivity contribution in [1.82, 2.24) is 15.1 Å². The summed E-state index contributed by atoms with van der Waals surface area (Å²) < 4.78 is 0. The molecule has 0 aromatic heterocycles. The quantitative estimate of drug-likeness (QED) is 0.831. The summed E-state index contributed by atoms with van der Waals surface area (Å²) in [6, 6.07) is 0.628. The Kier molecular flexibility index (Phi) is 3.85. The molecule has 1 atom stereocenters. The van der Waals surface area contributed by atoms with Crippen molar-refractivity contribution in [2.24, 2.45) is 5.92 Å². The van der Waals surface area contributed by atoms with E-state index in [1.165, 1.54) is 25.7 Å². The summed E-state index contributed by atoms with van der Waals surface area (Å²) in [5.74, 6) is 0.717. The van der Waals surface area contributed by atoms with Gasteiger partial charge < -0.3 is 15.1 Å². The van der Waals surface area contributed by atoms with Crippen molar-refractivity contribution < 1.29 is 4.79 Å². The number of rotatable bonds is 4. The topological polar surface area (TPSA) is 35.6 Å². The van der Waals surface area contributed by atoms with Crippen molar-refractivity contribution >= 4 is 6.03 Å². The van der Waals surface area contributed by atoms with Crippen LogP contribution in [-0.4, -0.2) is 54.6 Å². The van der Waals surface area contributed by atoms with Crippen molar-refractivity contribution in [2.45, 2.75) is 51.1 Å². The van der Waals surface area contributed by atoms with Gasteiger partial charge in [0.05, 0.1) is 11.6 Å². The molecule has 1 N–H and O–H groups in total. The van der Waals surface area contributed by atoms with Crippen LogP contribution >= 0.6 is 0 Å². The molecule has 0 radical (unpaired) electrons. The lowest BCUT2D eigenvalue weighted by Crippen LogP contribution is -2.51. The summed E-state index contributed by atoms with van der Waals surface area (Å²) in [7, 11) is 3.92. The summed E-state index contributed by atoms with van der Waals surface area (Å²) in [4.78, 5) is 16.4. The van der Waals surface area contributed by atoms with E-state index in [1.54, 1.807) is 0 Å². The standard InChI is InChI=1S/C14H27N3O/c1-14(2,10-15-3)17-9-12(16(4)13(17)18)11-7-5-6-8-11/h11-12,15H,5-10H2,1-4H3. The highest BCUT2D eigenvalue weighted by atomic mass is 16.2. The van der Waals surface area contributed by atoms with Crippen LogP contribution in [0.15, 0.2) is 0 Å². The molecule has 1 saturated carbocycles. The molecule has 0 bridgehead atoms. The average Bonchev–Trinajstić information content (AvgIpc) is 2.89. The molecule has 4 nitrogen and oxygen atoms in total. The molecule has 18 heavy (non-hydrogen) atoms. The Morgan fingerprint density at radius 2 is 1.94 bits per heavy atom. The second-order valence-corrected chi connectivity index (χ2v) is 6.46. The molecule has 2 rings (SSSR count). The van der Waals surface area contributed by atoms with Crippen LogP contribution in [0.4, 0.5) is 4.79 Å². The lowest BCUT2D eigenvalue weighted by atomic mass is 9.96. The van der Waals surface area contributed by atoms with Crippen LogP contribution in [0.3, 0.4) is 0 Å². The molecule has 104 valence electrons. The molecule has 0 spiro atoms. The van der Waals surface area contributed by atoms with Crippen LogP contribution < -0.4 is 5.32 Å². The number of nitrogens with one attached hydrogen (secondary N) is 1. The molecule has 0 aromatic carbocycles. The van der Waals surface area contributed by atoms with E-state index in [4.69, 9.17) is 0 Å². The first-order chi connectivity index (χ1) is 8.47. The largest absolute Gasteiger partial charge is 0.323 e. The number of hydrogen-bond donors (Lipinski definition) is 1. The third-order valence-corrected chi connectivity index (χ3v) is 4.68. The predicted molar refractivity (Wildman–Crippen MR) is 73.6 cm³/mol. The lowest BCUT2D eigenvalue weighted by Gasteiger charge is -2.35. The maximum Gasteiger partial charge on any atom is 0.320 e. The maximum atomic E-state index is 12.4. The van der Waals surface area contributed by atoms with Gasteiger partial charge >= 0.3 is 6.03 Å². The van der Waals surface area contributed by atoms with Gasteiger partial charge in [0.25, 0.3) is 0 Å². The minimum Gasteiger partial charge on any atom is -0.323 e.